The Bertz CT molecular complexity index is 909. The molecular weight excluding hydrogens is 482 g/mol. The molecule has 1 aliphatic rings. The van der Waals surface area contributed by atoms with Crippen molar-refractivity contribution in [1.82, 2.24) is 5.32 Å². The van der Waals surface area contributed by atoms with Gasteiger partial charge in [0.05, 0.1) is 5.75 Å². The predicted molar refractivity (Wildman–Crippen MR) is 123 cm³/mol. The van der Waals surface area contributed by atoms with Crippen molar-refractivity contribution in [2.75, 3.05) is 12.4 Å². The number of nitrogens with one attached hydrogen (secondary N) is 1. The molecule has 35 heavy (non-hydrogen) atoms. The van der Waals surface area contributed by atoms with Gasteiger partial charge in [0, 0.05) is 34.2 Å². The average molecular weight is 512 g/mol. The van der Waals surface area contributed by atoms with E-state index in [-0.39, 0.29) is 18.3 Å². The lowest BCUT2D eigenvalue weighted by Gasteiger charge is -2.44. The summed E-state index contributed by atoms with van der Waals surface area (Å²) in [6.07, 6.45) is -4.76. The fourth-order valence-electron chi connectivity index (χ4n) is 3.33. The number of carbonyl (C=O) groups is 5. The van der Waals surface area contributed by atoms with Gasteiger partial charge in [-0.1, -0.05) is 30.3 Å². The molecule has 1 aromatic carbocycles. The maximum atomic E-state index is 12.4. The highest BCUT2D eigenvalue weighted by molar-refractivity contribution is 8.00. The van der Waals surface area contributed by atoms with Gasteiger partial charge in [-0.3, -0.25) is 24.0 Å². The van der Waals surface area contributed by atoms with Gasteiger partial charge in [0.1, 0.15) is 18.1 Å². The van der Waals surface area contributed by atoms with Gasteiger partial charge >= 0.3 is 23.9 Å². The third-order valence-corrected chi connectivity index (χ3v) is 5.80. The summed E-state index contributed by atoms with van der Waals surface area (Å²) in [7, 11) is 0. The lowest BCUT2D eigenvalue weighted by molar-refractivity contribution is -0.237. The summed E-state index contributed by atoms with van der Waals surface area (Å²) >= 11 is 0.997. The second-order valence-electron chi connectivity index (χ2n) is 7.64. The Morgan fingerprint density at radius 2 is 1.40 bits per heavy atom. The minimum atomic E-state index is -1.26. The molecule has 1 heterocycles. The van der Waals surface area contributed by atoms with Crippen LogP contribution >= 0.6 is 11.8 Å². The number of carbonyl (C=O) groups excluding carboxylic acids is 5. The molecule has 1 aromatic rings. The van der Waals surface area contributed by atoms with Crippen LogP contribution in [-0.4, -0.2) is 72.0 Å². The van der Waals surface area contributed by atoms with Gasteiger partial charge in [-0.15, -0.1) is 11.8 Å². The highest BCUT2D eigenvalue weighted by Gasteiger charge is 2.52. The SMILES string of the molecule is CC(=O)OC[C@H]1O[C@@H](SCC(=O)NCc2ccccc2)[C@H](OC(C)=O)[C@@H](OC(C)=O)[C@@H]1OC(C)=O. The van der Waals surface area contributed by atoms with E-state index in [1.54, 1.807) is 0 Å². The van der Waals surface area contributed by atoms with Crippen LogP contribution in [0.2, 0.25) is 0 Å². The zero-order chi connectivity index (χ0) is 26.0. The molecule has 1 fully saturated rings. The molecule has 0 unspecified atom stereocenters. The molecule has 0 bridgehead atoms. The maximum Gasteiger partial charge on any atom is 0.303 e. The normalized spacial score (nSPS) is 23.5. The smallest absolute Gasteiger partial charge is 0.303 e. The van der Waals surface area contributed by atoms with Gasteiger partial charge in [0.15, 0.2) is 18.3 Å². The Hall–Kier alpha value is -3.12. The van der Waals surface area contributed by atoms with Gasteiger partial charge in [0.2, 0.25) is 5.91 Å². The minimum Gasteiger partial charge on any atom is -0.463 e. The molecule has 192 valence electrons. The standard InChI is InChI=1S/C23H29NO10S/c1-13(25)30-11-18-20(31-14(2)26)21(32-15(3)27)22(33-16(4)28)23(34-18)35-12-19(29)24-10-17-8-6-5-7-9-17/h5-9,18,20-23H,10-12H2,1-4H3,(H,24,29)/t18-,20-,21+,22-,23+/m1/s1. The topological polar surface area (TPSA) is 144 Å². The molecule has 1 N–H and O–H groups in total. The van der Waals surface area contributed by atoms with E-state index in [0.29, 0.717) is 6.54 Å². The molecule has 0 radical (unpaired) electrons. The van der Waals surface area contributed by atoms with Crippen molar-refractivity contribution in [1.29, 1.82) is 0 Å². The van der Waals surface area contributed by atoms with E-state index in [2.05, 4.69) is 5.32 Å². The lowest BCUT2D eigenvalue weighted by Crippen LogP contribution is -2.61. The largest absolute Gasteiger partial charge is 0.463 e. The van der Waals surface area contributed by atoms with E-state index in [1.807, 2.05) is 30.3 Å². The van der Waals surface area contributed by atoms with Gasteiger partial charge in [-0.25, -0.2) is 0 Å². The number of hydrogen-bond donors (Lipinski definition) is 1. The van der Waals surface area contributed by atoms with E-state index in [1.165, 1.54) is 6.92 Å². The molecule has 12 heteroatoms. The monoisotopic (exact) mass is 511 g/mol. The van der Waals surface area contributed by atoms with Crippen molar-refractivity contribution >= 4 is 41.5 Å². The third kappa shape index (κ3) is 9.57. The lowest BCUT2D eigenvalue weighted by atomic mass is 9.99. The van der Waals surface area contributed by atoms with E-state index in [4.69, 9.17) is 23.7 Å². The van der Waals surface area contributed by atoms with Crippen LogP contribution in [0.5, 0.6) is 0 Å². The first-order valence-electron chi connectivity index (χ1n) is 10.8. The predicted octanol–water partition coefficient (Wildman–Crippen LogP) is 1.12. The summed E-state index contributed by atoms with van der Waals surface area (Å²) in [5.41, 5.74) is -0.0868. The third-order valence-electron chi connectivity index (χ3n) is 4.66. The van der Waals surface area contributed by atoms with Gasteiger partial charge < -0.3 is 29.0 Å². The Labute approximate surface area is 207 Å². The van der Waals surface area contributed by atoms with Crippen LogP contribution in [0.3, 0.4) is 0 Å². The number of esters is 4. The summed E-state index contributed by atoms with van der Waals surface area (Å²) in [5.74, 6) is -3.13. The molecule has 0 aromatic heterocycles. The molecule has 0 spiro atoms. The van der Waals surface area contributed by atoms with Crippen molar-refractivity contribution in [3.63, 3.8) is 0 Å². The van der Waals surface area contributed by atoms with Crippen molar-refractivity contribution < 1.29 is 47.7 Å². The summed E-state index contributed by atoms with van der Waals surface area (Å²) in [4.78, 5) is 59.2. The van der Waals surface area contributed by atoms with Crippen molar-refractivity contribution in [3.8, 4) is 0 Å². The quantitative estimate of drug-likeness (QED) is 0.356. The fourth-order valence-corrected chi connectivity index (χ4v) is 4.37. The molecule has 2 rings (SSSR count). The number of amides is 1. The molecule has 11 nitrogen and oxygen atoms in total. The summed E-state index contributed by atoms with van der Waals surface area (Å²) in [5, 5.41) is 2.78. The van der Waals surface area contributed by atoms with E-state index in [0.717, 1.165) is 38.1 Å². The van der Waals surface area contributed by atoms with E-state index in [9.17, 15) is 24.0 Å². The first-order valence-corrected chi connectivity index (χ1v) is 11.8. The summed E-state index contributed by atoms with van der Waals surface area (Å²) in [6.45, 7) is 4.63. The van der Waals surface area contributed by atoms with Crippen molar-refractivity contribution in [2.45, 2.75) is 64.1 Å². The Morgan fingerprint density at radius 1 is 0.829 bits per heavy atom. The average Bonchev–Trinajstić information content (AvgIpc) is 2.78. The van der Waals surface area contributed by atoms with Gasteiger partial charge in [0.25, 0.3) is 0 Å². The molecule has 0 saturated carbocycles. The Morgan fingerprint density at radius 3 is 1.97 bits per heavy atom. The number of thioether (sulfide) groups is 1. The number of ether oxygens (including phenoxy) is 5. The van der Waals surface area contributed by atoms with Crippen LogP contribution in [-0.2, 0) is 54.2 Å². The summed E-state index contributed by atoms with van der Waals surface area (Å²) in [6, 6.07) is 9.31. The van der Waals surface area contributed by atoms with Crippen molar-refractivity contribution in [3.05, 3.63) is 35.9 Å². The van der Waals surface area contributed by atoms with Crippen LogP contribution in [0.4, 0.5) is 0 Å². The highest BCUT2D eigenvalue weighted by Crippen LogP contribution is 2.34. The second kappa shape index (κ2) is 13.7. The van der Waals surface area contributed by atoms with Crippen molar-refractivity contribution in [2.24, 2.45) is 0 Å². The van der Waals surface area contributed by atoms with E-state index < -0.39 is 53.7 Å². The molecular formula is C23H29NO10S. The first-order chi connectivity index (χ1) is 16.6. The Kier molecular flexibility index (Phi) is 11.0. The zero-order valence-electron chi connectivity index (χ0n) is 19.9. The van der Waals surface area contributed by atoms with Crippen LogP contribution in [0.1, 0.15) is 33.3 Å². The van der Waals surface area contributed by atoms with Crippen LogP contribution in [0, 0.1) is 0 Å². The van der Waals surface area contributed by atoms with E-state index >= 15 is 0 Å². The van der Waals surface area contributed by atoms with Crippen LogP contribution in [0.25, 0.3) is 0 Å². The fraction of sp³-hybridized carbons (Fsp3) is 0.522. The summed E-state index contributed by atoms with van der Waals surface area (Å²) < 4.78 is 27.0. The number of hydrogen-bond acceptors (Lipinski definition) is 11. The van der Waals surface area contributed by atoms with Crippen LogP contribution < -0.4 is 5.32 Å². The molecule has 1 aliphatic heterocycles. The van der Waals surface area contributed by atoms with Gasteiger partial charge in [-0.05, 0) is 5.56 Å². The first kappa shape index (κ1) is 28.1. The van der Waals surface area contributed by atoms with Crippen LogP contribution in [0.15, 0.2) is 30.3 Å². The zero-order valence-corrected chi connectivity index (χ0v) is 20.7. The molecule has 1 amide bonds. The molecule has 1 saturated heterocycles. The highest BCUT2D eigenvalue weighted by atomic mass is 32.2. The number of benzene rings is 1. The Balaban J connectivity index is 2.21. The second-order valence-corrected chi connectivity index (χ2v) is 8.73. The van der Waals surface area contributed by atoms with Gasteiger partial charge in [-0.2, -0.15) is 0 Å². The molecule has 0 aliphatic carbocycles. The number of rotatable bonds is 10. The minimum absolute atomic E-state index is 0.0828. The maximum absolute atomic E-state index is 12.4. The molecule has 5 atom stereocenters.